The summed E-state index contributed by atoms with van der Waals surface area (Å²) in [5.74, 6) is 0.708. The molecule has 1 aliphatic heterocycles. The van der Waals surface area contributed by atoms with Crippen molar-refractivity contribution < 1.29 is 9.53 Å². The summed E-state index contributed by atoms with van der Waals surface area (Å²) in [7, 11) is 0. The summed E-state index contributed by atoms with van der Waals surface area (Å²) in [6, 6.07) is 10.00. The molecule has 0 bridgehead atoms. The van der Waals surface area contributed by atoms with Crippen molar-refractivity contribution in [2.75, 3.05) is 39.3 Å². The number of aromatic nitrogens is 2. The highest BCUT2D eigenvalue weighted by Crippen LogP contribution is 2.16. The Labute approximate surface area is 173 Å². The smallest absolute Gasteiger partial charge is 0.272 e. The van der Waals surface area contributed by atoms with E-state index in [0.29, 0.717) is 24.9 Å². The molecule has 29 heavy (non-hydrogen) atoms. The molecule has 1 aromatic heterocycles. The molecule has 0 saturated carbocycles. The SMILES string of the molecule is CCN(CC)CCOc1ccc(CNC(=O)c2ccn(C3CCCNC3)n2)cc1. The van der Waals surface area contributed by atoms with E-state index in [2.05, 4.69) is 34.5 Å². The van der Waals surface area contributed by atoms with Crippen molar-refractivity contribution in [1.82, 2.24) is 25.3 Å². The molecule has 1 amide bonds. The summed E-state index contributed by atoms with van der Waals surface area (Å²) in [5, 5.41) is 10.8. The van der Waals surface area contributed by atoms with E-state index < -0.39 is 0 Å². The lowest BCUT2D eigenvalue weighted by molar-refractivity contribution is 0.0944. The average Bonchev–Trinajstić information content (AvgIpc) is 3.27. The molecule has 0 aliphatic carbocycles. The summed E-state index contributed by atoms with van der Waals surface area (Å²) in [5.41, 5.74) is 1.50. The highest BCUT2D eigenvalue weighted by molar-refractivity contribution is 5.92. The van der Waals surface area contributed by atoms with Gasteiger partial charge in [-0.25, -0.2) is 0 Å². The van der Waals surface area contributed by atoms with Gasteiger partial charge in [-0.2, -0.15) is 5.10 Å². The summed E-state index contributed by atoms with van der Waals surface area (Å²) < 4.78 is 7.71. The van der Waals surface area contributed by atoms with E-state index in [-0.39, 0.29) is 5.91 Å². The van der Waals surface area contributed by atoms with E-state index in [1.807, 2.05) is 35.1 Å². The zero-order valence-electron chi connectivity index (χ0n) is 17.6. The first-order chi connectivity index (χ1) is 14.2. The maximum absolute atomic E-state index is 12.4. The molecule has 1 unspecified atom stereocenters. The number of nitrogens with one attached hydrogen (secondary N) is 2. The third kappa shape index (κ3) is 6.30. The van der Waals surface area contributed by atoms with Crippen LogP contribution in [0.15, 0.2) is 36.5 Å². The number of hydrogen-bond acceptors (Lipinski definition) is 5. The van der Waals surface area contributed by atoms with E-state index in [9.17, 15) is 4.79 Å². The number of piperidine rings is 1. The van der Waals surface area contributed by atoms with Gasteiger partial charge < -0.3 is 20.3 Å². The van der Waals surface area contributed by atoms with Crippen molar-refractivity contribution in [3.8, 4) is 5.75 Å². The van der Waals surface area contributed by atoms with Gasteiger partial charge in [-0.15, -0.1) is 0 Å². The fourth-order valence-electron chi connectivity index (χ4n) is 3.53. The van der Waals surface area contributed by atoms with E-state index >= 15 is 0 Å². The highest BCUT2D eigenvalue weighted by Gasteiger charge is 2.17. The molecule has 158 valence electrons. The molecular weight excluding hydrogens is 366 g/mol. The van der Waals surface area contributed by atoms with Crippen LogP contribution >= 0.6 is 0 Å². The lowest BCUT2D eigenvalue weighted by Crippen LogP contribution is -2.32. The van der Waals surface area contributed by atoms with Crippen LogP contribution in [-0.4, -0.2) is 59.9 Å². The number of carbonyl (C=O) groups is 1. The number of benzene rings is 1. The Morgan fingerprint density at radius 1 is 1.28 bits per heavy atom. The minimum Gasteiger partial charge on any atom is -0.492 e. The second-order valence-corrected chi connectivity index (χ2v) is 7.38. The molecule has 7 nitrogen and oxygen atoms in total. The predicted molar refractivity (Wildman–Crippen MR) is 114 cm³/mol. The van der Waals surface area contributed by atoms with Crippen LogP contribution in [0.25, 0.3) is 0 Å². The molecule has 0 spiro atoms. The maximum Gasteiger partial charge on any atom is 0.272 e. The number of ether oxygens (including phenoxy) is 1. The normalized spacial score (nSPS) is 16.7. The van der Waals surface area contributed by atoms with E-state index in [0.717, 1.165) is 56.9 Å². The fraction of sp³-hybridized carbons (Fsp3) is 0.545. The van der Waals surface area contributed by atoms with Gasteiger partial charge in [-0.05, 0) is 56.2 Å². The fourth-order valence-corrected chi connectivity index (χ4v) is 3.53. The van der Waals surface area contributed by atoms with Gasteiger partial charge in [0.1, 0.15) is 18.1 Å². The van der Waals surface area contributed by atoms with E-state index in [1.54, 1.807) is 6.07 Å². The molecule has 2 aromatic rings. The van der Waals surface area contributed by atoms with Gasteiger partial charge in [0.2, 0.25) is 0 Å². The topological polar surface area (TPSA) is 71.4 Å². The molecule has 0 radical (unpaired) electrons. The molecule has 2 N–H and O–H groups in total. The summed E-state index contributed by atoms with van der Waals surface area (Å²) in [6.45, 7) is 10.4. The van der Waals surface area contributed by atoms with Crippen molar-refractivity contribution in [3.05, 3.63) is 47.8 Å². The van der Waals surface area contributed by atoms with Gasteiger partial charge in [0.25, 0.3) is 5.91 Å². The van der Waals surface area contributed by atoms with Gasteiger partial charge >= 0.3 is 0 Å². The lowest BCUT2D eigenvalue weighted by atomic mass is 10.1. The first-order valence-electron chi connectivity index (χ1n) is 10.7. The first-order valence-corrected chi connectivity index (χ1v) is 10.7. The van der Waals surface area contributed by atoms with Crippen molar-refractivity contribution in [3.63, 3.8) is 0 Å². The number of amides is 1. The summed E-state index contributed by atoms with van der Waals surface area (Å²) in [6.07, 6.45) is 4.14. The van der Waals surface area contributed by atoms with Gasteiger partial charge in [-0.3, -0.25) is 9.48 Å². The third-order valence-corrected chi connectivity index (χ3v) is 5.43. The van der Waals surface area contributed by atoms with Crippen LogP contribution < -0.4 is 15.4 Å². The Bertz CT molecular complexity index is 749. The van der Waals surface area contributed by atoms with Crippen LogP contribution in [0.4, 0.5) is 0 Å². The van der Waals surface area contributed by atoms with Crippen molar-refractivity contribution in [1.29, 1.82) is 0 Å². The number of carbonyl (C=O) groups excluding carboxylic acids is 1. The second-order valence-electron chi connectivity index (χ2n) is 7.38. The van der Waals surface area contributed by atoms with Crippen LogP contribution in [0, 0.1) is 0 Å². The molecule has 1 saturated heterocycles. The predicted octanol–water partition coefficient (Wildman–Crippen LogP) is 2.46. The summed E-state index contributed by atoms with van der Waals surface area (Å²) in [4.78, 5) is 14.7. The van der Waals surface area contributed by atoms with Gasteiger partial charge in [0.15, 0.2) is 0 Å². The number of nitrogens with zero attached hydrogens (tertiary/aromatic N) is 3. The van der Waals surface area contributed by atoms with Crippen molar-refractivity contribution in [2.45, 2.75) is 39.3 Å². The molecule has 1 atom stereocenters. The second kappa shape index (κ2) is 11.0. The number of likely N-dealkylation sites (N-methyl/N-ethyl adjacent to an activating group) is 1. The zero-order chi connectivity index (χ0) is 20.5. The molecule has 7 heteroatoms. The number of rotatable bonds is 10. The van der Waals surface area contributed by atoms with Gasteiger partial charge in [0.05, 0.1) is 6.04 Å². The highest BCUT2D eigenvalue weighted by atomic mass is 16.5. The monoisotopic (exact) mass is 399 g/mol. The van der Waals surface area contributed by atoms with Crippen LogP contribution in [0.5, 0.6) is 5.75 Å². The van der Waals surface area contributed by atoms with E-state index in [1.165, 1.54) is 0 Å². The molecule has 1 aromatic carbocycles. The quantitative estimate of drug-likeness (QED) is 0.642. The zero-order valence-corrected chi connectivity index (χ0v) is 17.6. The average molecular weight is 400 g/mol. The Balaban J connectivity index is 1.43. The minimum absolute atomic E-state index is 0.146. The number of hydrogen-bond donors (Lipinski definition) is 2. The lowest BCUT2D eigenvalue weighted by Gasteiger charge is -2.22. The molecule has 3 rings (SSSR count). The van der Waals surface area contributed by atoms with Crippen LogP contribution in [0.2, 0.25) is 0 Å². The summed E-state index contributed by atoms with van der Waals surface area (Å²) >= 11 is 0. The Morgan fingerprint density at radius 3 is 2.76 bits per heavy atom. The largest absolute Gasteiger partial charge is 0.492 e. The molecular formula is C22H33N5O2. The molecule has 1 aliphatic rings. The van der Waals surface area contributed by atoms with Crippen molar-refractivity contribution in [2.24, 2.45) is 0 Å². The Hall–Kier alpha value is -2.38. The van der Waals surface area contributed by atoms with E-state index in [4.69, 9.17) is 4.74 Å². The van der Waals surface area contributed by atoms with Crippen molar-refractivity contribution >= 4 is 5.91 Å². The standard InChI is InChI=1S/C22H33N5O2/c1-3-26(4-2)14-15-29-20-9-7-18(8-10-20)16-24-22(28)21-11-13-27(25-21)19-6-5-12-23-17-19/h7-11,13,19,23H,3-6,12,14-17H2,1-2H3,(H,24,28). The van der Waals surface area contributed by atoms with Gasteiger partial charge in [0, 0.05) is 25.8 Å². The van der Waals surface area contributed by atoms with Crippen LogP contribution in [0.1, 0.15) is 48.8 Å². The van der Waals surface area contributed by atoms with Crippen LogP contribution in [0.3, 0.4) is 0 Å². The van der Waals surface area contributed by atoms with Crippen LogP contribution in [-0.2, 0) is 6.54 Å². The maximum atomic E-state index is 12.4. The third-order valence-electron chi connectivity index (χ3n) is 5.43. The Kier molecular flexibility index (Phi) is 8.07. The van der Waals surface area contributed by atoms with Gasteiger partial charge in [-0.1, -0.05) is 26.0 Å². The minimum atomic E-state index is -0.146. The first kappa shape index (κ1) is 21.3. The Morgan fingerprint density at radius 2 is 2.07 bits per heavy atom. The molecule has 2 heterocycles. The molecule has 1 fully saturated rings.